The maximum atomic E-state index is 10.6. The molecule has 7 heteroatoms. The number of ether oxygens (including phenoxy) is 1. The molecule has 1 aromatic heterocycles. The Hall–Kier alpha value is -1.79. The average molecular weight is 341 g/mol. The molecule has 118 valence electrons. The largest absolute Gasteiger partial charge is 0.492 e. The van der Waals surface area contributed by atoms with Gasteiger partial charge in [-0.2, -0.15) is 0 Å². The molecule has 22 heavy (non-hydrogen) atoms. The van der Waals surface area contributed by atoms with Crippen LogP contribution in [0.2, 0.25) is 5.02 Å². The van der Waals surface area contributed by atoms with Gasteiger partial charge < -0.3 is 15.2 Å². The number of aromatic nitrogens is 1. The number of aryl methyl sites for hydroxylation is 2. The number of carbonyl (C=O) groups is 1. The Labute approximate surface area is 137 Å². The van der Waals surface area contributed by atoms with E-state index in [1.807, 2.05) is 26.0 Å². The summed E-state index contributed by atoms with van der Waals surface area (Å²) in [5, 5.41) is 15.0. The summed E-state index contributed by atoms with van der Waals surface area (Å²) in [5.41, 5.74) is 2.54. The lowest BCUT2D eigenvalue weighted by Crippen LogP contribution is -2.11. The molecule has 0 radical (unpaired) electrons. The molecule has 0 amide bonds. The lowest BCUT2D eigenvalue weighted by atomic mass is 10.1. The summed E-state index contributed by atoms with van der Waals surface area (Å²) >= 11 is 7.50. The van der Waals surface area contributed by atoms with Crippen LogP contribution in [-0.4, -0.2) is 29.2 Å². The second kappa shape index (κ2) is 7.47. The number of aliphatic carboxylic acids is 1. The Kier molecular flexibility index (Phi) is 5.63. The fourth-order valence-electron chi connectivity index (χ4n) is 1.94. The predicted octanol–water partition coefficient (Wildman–Crippen LogP) is 3.53. The van der Waals surface area contributed by atoms with Gasteiger partial charge in [-0.05, 0) is 37.1 Å². The minimum absolute atomic E-state index is 0.0575. The molecular formula is C15H17ClN2O3S. The van der Waals surface area contributed by atoms with Crippen molar-refractivity contribution in [2.75, 3.05) is 18.5 Å². The highest BCUT2D eigenvalue weighted by Gasteiger charge is 2.06. The van der Waals surface area contributed by atoms with E-state index in [1.165, 1.54) is 11.3 Å². The Morgan fingerprint density at radius 2 is 2.09 bits per heavy atom. The fraction of sp³-hybridized carbons (Fsp3) is 0.333. The van der Waals surface area contributed by atoms with Crippen molar-refractivity contribution in [1.29, 1.82) is 0 Å². The van der Waals surface area contributed by atoms with E-state index in [2.05, 4.69) is 10.3 Å². The third-order valence-corrected chi connectivity index (χ3v) is 4.39. The molecule has 2 N–H and O–H groups in total. The fourth-order valence-corrected chi connectivity index (χ4v) is 2.79. The molecule has 0 unspecified atom stereocenters. The first-order valence-corrected chi connectivity index (χ1v) is 8.01. The van der Waals surface area contributed by atoms with Crippen molar-refractivity contribution in [2.24, 2.45) is 0 Å². The lowest BCUT2D eigenvalue weighted by Gasteiger charge is -2.10. The van der Waals surface area contributed by atoms with Crippen LogP contribution >= 0.6 is 22.9 Å². The molecule has 0 aliphatic carbocycles. The highest BCUT2D eigenvalue weighted by molar-refractivity contribution is 7.13. The monoisotopic (exact) mass is 340 g/mol. The maximum absolute atomic E-state index is 10.6. The standard InChI is InChI=1S/C15H17ClN2O3S/c1-9-5-12(6-10(2)14(9)16)21-4-3-17-15-18-11(8-22-15)7-13(19)20/h5-6,8H,3-4,7H2,1-2H3,(H,17,18)(H,19,20). The van der Waals surface area contributed by atoms with Gasteiger partial charge in [0.15, 0.2) is 5.13 Å². The third kappa shape index (κ3) is 4.61. The summed E-state index contributed by atoms with van der Waals surface area (Å²) in [6.45, 7) is 4.95. The number of benzene rings is 1. The zero-order valence-electron chi connectivity index (χ0n) is 12.4. The van der Waals surface area contributed by atoms with Crippen molar-refractivity contribution in [3.63, 3.8) is 0 Å². The second-order valence-corrected chi connectivity index (χ2v) is 6.10. The molecule has 0 fully saturated rings. The molecule has 0 saturated carbocycles. The molecule has 1 aromatic carbocycles. The Morgan fingerprint density at radius 3 is 2.73 bits per heavy atom. The zero-order chi connectivity index (χ0) is 16.1. The van der Waals surface area contributed by atoms with Crippen molar-refractivity contribution in [3.8, 4) is 5.75 Å². The van der Waals surface area contributed by atoms with Gasteiger partial charge in [0.05, 0.1) is 18.7 Å². The van der Waals surface area contributed by atoms with Crippen LogP contribution in [0.1, 0.15) is 16.8 Å². The summed E-state index contributed by atoms with van der Waals surface area (Å²) in [6, 6.07) is 3.81. The highest BCUT2D eigenvalue weighted by atomic mass is 35.5. The van der Waals surface area contributed by atoms with Gasteiger partial charge in [0.2, 0.25) is 0 Å². The van der Waals surface area contributed by atoms with Crippen LogP contribution in [0, 0.1) is 13.8 Å². The first-order valence-electron chi connectivity index (χ1n) is 6.75. The number of carboxylic acid groups (broad SMARTS) is 1. The number of nitrogens with zero attached hydrogens (tertiary/aromatic N) is 1. The van der Waals surface area contributed by atoms with Crippen LogP contribution in [0.5, 0.6) is 5.75 Å². The molecule has 0 saturated heterocycles. The van der Waals surface area contributed by atoms with E-state index in [4.69, 9.17) is 21.4 Å². The summed E-state index contributed by atoms with van der Waals surface area (Å²) in [5.74, 6) is -0.0967. The van der Waals surface area contributed by atoms with Gasteiger partial charge in [0.1, 0.15) is 12.4 Å². The Morgan fingerprint density at radius 1 is 1.41 bits per heavy atom. The molecule has 5 nitrogen and oxygen atoms in total. The summed E-state index contributed by atoms with van der Waals surface area (Å²) in [4.78, 5) is 14.8. The Balaban J connectivity index is 1.80. The van der Waals surface area contributed by atoms with E-state index in [0.29, 0.717) is 24.0 Å². The molecule has 2 rings (SSSR count). The number of nitrogens with one attached hydrogen (secondary N) is 1. The summed E-state index contributed by atoms with van der Waals surface area (Å²) in [6.07, 6.45) is -0.0575. The van der Waals surface area contributed by atoms with Gasteiger partial charge in [-0.15, -0.1) is 11.3 Å². The molecule has 1 heterocycles. The molecule has 0 spiro atoms. The lowest BCUT2D eigenvalue weighted by molar-refractivity contribution is -0.136. The van der Waals surface area contributed by atoms with Crippen LogP contribution in [0.4, 0.5) is 5.13 Å². The highest BCUT2D eigenvalue weighted by Crippen LogP contribution is 2.25. The van der Waals surface area contributed by atoms with Crippen LogP contribution in [0.15, 0.2) is 17.5 Å². The second-order valence-electron chi connectivity index (χ2n) is 4.86. The van der Waals surface area contributed by atoms with Gasteiger partial charge in [-0.1, -0.05) is 11.6 Å². The van der Waals surface area contributed by atoms with Crippen molar-refractivity contribution in [1.82, 2.24) is 4.98 Å². The molecule has 0 aliphatic heterocycles. The van der Waals surface area contributed by atoms with Crippen molar-refractivity contribution in [3.05, 3.63) is 39.4 Å². The normalized spacial score (nSPS) is 10.5. The smallest absolute Gasteiger partial charge is 0.309 e. The first-order chi connectivity index (χ1) is 10.5. The van der Waals surface area contributed by atoms with E-state index in [-0.39, 0.29) is 6.42 Å². The van der Waals surface area contributed by atoms with Crippen molar-refractivity contribution in [2.45, 2.75) is 20.3 Å². The number of carboxylic acids is 1. The third-order valence-electron chi connectivity index (χ3n) is 2.94. The van der Waals surface area contributed by atoms with Crippen LogP contribution < -0.4 is 10.1 Å². The van der Waals surface area contributed by atoms with Gasteiger partial charge in [0.25, 0.3) is 0 Å². The molecule has 0 atom stereocenters. The van der Waals surface area contributed by atoms with Crippen molar-refractivity contribution < 1.29 is 14.6 Å². The number of hydrogen-bond donors (Lipinski definition) is 2. The van der Waals surface area contributed by atoms with E-state index < -0.39 is 5.97 Å². The van der Waals surface area contributed by atoms with E-state index >= 15 is 0 Å². The van der Waals surface area contributed by atoms with Crippen LogP contribution in [-0.2, 0) is 11.2 Å². The molecular weight excluding hydrogens is 324 g/mol. The minimum Gasteiger partial charge on any atom is -0.492 e. The number of thiazole rings is 1. The van der Waals surface area contributed by atoms with Gasteiger partial charge in [-0.3, -0.25) is 4.79 Å². The molecule has 0 bridgehead atoms. The van der Waals surface area contributed by atoms with E-state index in [9.17, 15) is 4.79 Å². The van der Waals surface area contributed by atoms with Crippen LogP contribution in [0.25, 0.3) is 0 Å². The number of anilines is 1. The number of halogens is 1. The van der Waals surface area contributed by atoms with Gasteiger partial charge in [0, 0.05) is 10.4 Å². The zero-order valence-corrected chi connectivity index (χ0v) is 13.9. The summed E-state index contributed by atoms with van der Waals surface area (Å²) < 4.78 is 5.68. The average Bonchev–Trinajstić information content (AvgIpc) is 2.87. The molecule has 0 aliphatic rings. The number of rotatable bonds is 7. The van der Waals surface area contributed by atoms with E-state index in [0.717, 1.165) is 21.9 Å². The van der Waals surface area contributed by atoms with Gasteiger partial charge in [-0.25, -0.2) is 4.98 Å². The maximum Gasteiger partial charge on any atom is 0.309 e. The quantitative estimate of drug-likeness (QED) is 0.754. The summed E-state index contributed by atoms with van der Waals surface area (Å²) in [7, 11) is 0. The van der Waals surface area contributed by atoms with Crippen LogP contribution in [0.3, 0.4) is 0 Å². The van der Waals surface area contributed by atoms with E-state index in [1.54, 1.807) is 5.38 Å². The number of hydrogen-bond acceptors (Lipinski definition) is 5. The van der Waals surface area contributed by atoms with Crippen molar-refractivity contribution >= 4 is 34.0 Å². The topological polar surface area (TPSA) is 71.5 Å². The SMILES string of the molecule is Cc1cc(OCCNc2nc(CC(=O)O)cs2)cc(C)c1Cl. The Bertz CT molecular complexity index is 650. The first kappa shape index (κ1) is 16.6. The minimum atomic E-state index is -0.881. The van der Waals surface area contributed by atoms with Gasteiger partial charge >= 0.3 is 5.97 Å². The molecule has 2 aromatic rings. The predicted molar refractivity (Wildman–Crippen MR) is 88.4 cm³/mol.